The van der Waals surface area contributed by atoms with Crippen molar-refractivity contribution in [2.75, 3.05) is 26.4 Å². The third kappa shape index (κ3) is 5.88. The largest absolute Gasteiger partial charge is 0.481 e. The summed E-state index contributed by atoms with van der Waals surface area (Å²) in [4.78, 5) is 24.3. The van der Waals surface area contributed by atoms with Gasteiger partial charge in [-0.1, -0.05) is 6.92 Å². The highest BCUT2D eigenvalue weighted by Crippen LogP contribution is 2.12. The number of carboxylic acid groups (broad SMARTS) is 1. The van der Waals surface area contributed by atoms with Gasteiger partial charge in [-0.3, -0.25) is 9.59 Å². The van der Waals surface area contributed by atoms with Crippen LogP contribution in [0, 0.1) is 0 Å². The molecule has 20 heavy (non-hydrogen) atoms. The van der Waals surface area contributed by atoms with Gasteiger partial charge in [0.05, 0.1) is 19.1 Å². The van der Waals surface area contributed by atoms with Gasteiger partial charge >= 0.3 is 5.97 Å². The van der Waals surface area contributed by atoms with Crippen molar-refractivity contribution in [1.82, 2.24) is 4.90 Å². The van der Waals surface area contributed by atoms with E-state index in [1.165, 1.54) is 0 Å². The molecule has 0 aromatic carbocycles. The highest BCUT2D eigenvalue weighted by atomic mass is 16.5. The quantitative estimate of drug-likeness (QED) is 0.691. The molecular weight excluding hydrogens is 262 g/mol. The number of ether oxygens (including phenoxy) is 2. The van der Waals surface area contributed by atoms with Crippen molar-refractivity contribution in [1.29, 1.82) is 0 Å². The zero-order chi connectivity index (χ0) is 15.0. The standard InChI is InChI=1S/C14H25NO5/c1-3-11(2)15(7-6-14(17)18)13(16)10-19-9-12-5-4-8-20-12/h11-12H,3-10H2,1-2H3,(H,17,18). The molecule has 116 valence electrons. The SMILES string of the molecule is CCC(C)N(CCC(=O)O)C(=O)COCC1CCCO1. The molecule has 0 radical (unpaired) electrons. The van der Waals surface area contributed by atoms with Crippen molar-refractivity contribution in [3.63, 3.8) is 0 Å². The molecule has 2 atom stereocenters. The summed E-state index contributed by atoms with van der Waals surface area (Å²) in [5, 5.41) is 8.73. The van der Waals surface area contributed by atoms with Crippen LogP contribution >= 0.6 is 0 Å². The Hall–Kier alpha value is -1.14. The van der Waals surface area contributed by atoms with Crippen LogP contribution in [0.1, 0.15) is 39.5 Å². The van der Waals surface area contributed by atoms with Crippen LogP contribution in [0.4, 0.5) is 0 Å². The van der Waals surface area contributed by atoms with Crippen molar-refractivity contribution < 1.29 is 24.2 Å². The van der Waals surface area contributed by atoms with Crippen molar-refractivity contribution in [2.45, 2.75) is 51.7 Å². The van der Waals surface area contributed by atoms with E-state index in [4.69, 9.17) is 14.6 Å². The van der Waals surface area contributed by atoms with E-state index < -0.39 is 5.97 Å². The van der Waals surface area contributed by atoms with E-state index in [0.29, 0.717) is 6.61 Å². The first-order valence-corrected chi connectivity index (χ1v) is 7.25. The van der Waals surface area contributed by atoms with E-state index in [9.17, 15) is 9.59 Å². The molecule has 0 aromatic rings. The second kappa shape index (κ2) is 8.92. The second-order valence-corrected chi connectivity index (χ2v) is 5.14. The summed E-state index contributed by atoms with van der Waals surface area (Å²) in [6, 6.07) is 0.0215. The molecule has 0 aromatic heterocycles. The first-order valence-electron chi connectivity index (χ1n) is 7.25. The molecule has 1 fully saturated rings. The molecule has 0 saturated carbocycles. The van der Waals surface area contributed by atoms with E-state index in [1.807, 2.05) is 13.8 Å². The van der Waals surface area contributed by atoms with Gasteiger partial charge in [0.25, 0.3) is 0 Å². The van der Waals surface area contributed by atoms with E-state index in [0.717, 1.165) is 25.9 Å². The summed E-state index contributed by atoms with van der Waals surface area (Å²) >= 11 is 0. The third-order valence-electron chi connectivity index (χ3n) is 3.56. The number of carbonyl (C=O) groups is 2. The Labute approximate surface area is 120 Å². The topological polar surface area (TPSA) is 76.1 Å². The molecule has 6 nitrogen and oxygen atoms in total. The normalized spacial score (nSPS) is 19.8. The Morgan fingerprint density at radius 1 is 1.50 bits per heavy atom. The molecule has 1 saturated heterocycles. The Bertz CT molecular complexity index is 315. The van der Waals surface area contributed by atoms with Crippen molar-refractivity contribution >= 4 is 11.9 Å². The number of nitrogens with zero attached hydrogens (tertiary/aromatic N) is 1. The summed E-state index contributed by atoms with van der Waals surface area (Å²) in [5.74, 6) is -1.05. The highest BCUT2D eigenvalue weighted by molar-refractivity contribution is 5.78. The van der Waals surface area contributed by atoms with Gasteiger partial charge in [-0.25, -0.2) is 0 Å². The summed E-state index contributed by atoms with van der Waals surface area (Å²) in [7, 11) is 0. The van der Waals surface area contributed by atoms with Crippen LogP contribution in [0.5, 0.6) is 0 Å². The molecule has 0 spiro atoms. The van der Waals surface area contributed by atoms with Crippen LogP contribution < -0.4 is 0 Å². The summed E-state index contributed by atoms with van der Waals surface area (Å²) < 4.78 is 10.8. The van der Waals surface area contributed by atoms with Crippen LogP contribution in [0.25, 0.3) is 0 Å². The highest BCUT2D eigenvalue weighted by Gasteiger charge is 2.21. The van der Waals surface area contributed by atoms with Gasteiger partial charge in [0, 0.05) is 19.2 Å². The van der Waals surface area contributed by atoms with Gasteiger partial charge in [-0.05, 0) is 26.2 Å². The van der Waals surface area contributed by atoms with Crippen LogP contribution in [0.3, 0.4) is 0 Å². The maximum Gasteiger partial charge on any atom is 0.305 e. The van der Waals surface area contributed by atoms with Gasteiger partial charge in [0.1, 0.15) is 6.61 Å². The number of hydrogen-bond acceptors (Lipinski definition) is 4. The Balaban J connectivity index is 2.34. The van der Waals surface area contributed by atoms with Crippen molar-refractivity contribution in [3.05, 3.63) is 0 Å². The first kappa shape index (κ1) is 16.9. The average Bonchev–Trinajstić information content (AvgIpc) is 2.91. The lowest BCUT2D eigenvalue weighted by Gasteiger charge is -2.28. The van der Waals surface area contributed by atoms with Crippen LogP contribution in [0.2, 0.25) is 0 Å². The van der Waals surface area contributed by atoms with Crippen LogP contribution in [-0.2, 0) is 19.1 Å². The second-order valence-electron chi connectivity index (χ2n) is 5.14. The number of rotatable bonds is 9. The van der Waals surface area contributed by atoms with Gasteiger partial charge < -0.3 is 19.5 Å². The Morgan fingerprint density at radius 3 is 2.80 bits per heavy atom. The minimum absolute atomic E-state index is 0.0101. The summed E-state index contributed by atoms with van der Waals surface area (Å²) in [6.07, 6.45) is 2.86. The lowest BCUT2D eigenvalue weighted by molar-refractivity contribution is -0.142. The first-order chi connectivity index (χ1) is 9.54. The fourth-order valence-corrected chi connectivity index (χ4v) is 2.16. The number of amides is 1. The molecule has 0 aliphatic carbocycles. The van der Waals surface area contributed by atoms with Crippen LogP contribution in [-0.4, -0.2) is 60.4 Å². The van der Waals surface area contributed by atoms with Crippen LogP contribution in [0.15, 0.2) is 0 Å². The lowest BCUT2D eigenvalue weighted by Crippen LogP contribution is -2.42. The minimum Gasteiger partial charge on any atom is -0.481 e. The van der Waals surface area contributed by atoms with E-state index in [2.05, 4.69) is 0 Å². The predicted molar refractivity (Wildman–Crippen MR) is 73.5 cm³/mol. The fraction of sp³-hybridized carbons (Fsp3) is 0.857. The zero-order valence-corrected chi connectivity index (χ0v) is 12.3. The summed E-state index contributed by atoms with van der Waals surface area (Å²) in [6.45, 7) is 5.30. The van der Waals surface area contributed by atoms with Gasteiger partial charge in [-0.15, -0.1) is 0 Å². The number of carboxylic acids is 1. The predicted octanol–water partition coefficient (Wildman–Crippen LogP) is 1.28. The molecule has 1 amide bonds. The van der Waals surface area contributed by atoms with Crippen molar-refractivity contribution in [2.24, 2.45) is 0 Å². The molecule has 1 heterocycles. The molecule has 1 aliphatic rings. The van der Waals surface area contributed by atoms with E-state index in [1.54, 1.807) is 4.90 Å². The summed E-state index contributed by atoms with van der Waals surface area (Å²) in [5.41, 5.74) is 0. The lowest BCUT2D eigenvalue weighted by atomic mass is 10.2. The monoisotopic (exact) mass is 287 g/mol. The Kier molecular flexibility index (Phi) is 7.54. The molecule has 1 N–H and O–H groups in total. The van der Waals surface area contributed by atoms with Gasteiger partial charge in [-0.2, -0.15) is 0 Å². The van der Waals surface area contributed by atoms with E-state index in [-0.39, 0.29) is 37.6 Å². The molecule has 1 aliphatic heterocycles. The fourth-order valence-electron chi connectivity index (χ4n) is 2.16. The molecule has 0 bridgehead atoms. The Morgan fingerprint density at radius 2 is 2.25 bits per heavy atom. The molecular formula is C14H25NO5. The van der Waals surface area contributed by atoms with E-state index >= 15 is 0 Å². The smallest absolute Gasteiger partial charge is 0.305 e. The minimum atomic E-state index is -0.897. The molecule has 1 rings (SSSR count). The molecule has 6 heteroatoms. The third-order valence-corrected chi connectivity index (χ3v) is 3.56. The molecule has 2 unspecified atom stereocenters. The maximum absolute atomic E-state index is 12.1. The number of aliphatic carboxylic acids is 1. The average molecular weight is 287 g/mol. The van der Waals surface area contributed by atoms with Gasteiger partial charge in [0.15, 0.2) is 0 Å². The van der Waals surface area contributed by atoms with Gasteiger partial charge in [0.2, 0.25) is 5.91 Å². The number of carbonyl (C=O) groups excluding carboxylic acids is 1. The van der Waals surface area contributed by atoms with Crippen molar-refractivity contribution in [3.8, 4) is 0 Å². The number of hydrogen-bond donors (Lipinski definition) is 1. The zero-order valence-electron chi connectivity index (χ0n) is 12.3. The maximum atomic E-state index is 12.1.